The van der Waals surface area contributed by atoms with E-state index < -0.39 is 0 Å². The molecule has 3 rings (SSSR count). The fraction of sp³-hybridized carbons (Fsp3) is 0.267. The van der Waals surface area contributed by atoms with E-state index in [0.717, 1.165) is 28.1 Å². The monoisotopic (exact) mass is 282 g/mol. The van der Waals surface area contributed by atoms with Crippen molar-refractivity contribution in [1.29, 1.82) is 0 Å². The highest BCUT2D eigenvalue weighted by molar-refractivity contribution is 5.89. The number of anilines is 2. The molecule has 0 aliphatic heterocycles. The lowest BCUT2D eigenvalue weighted by atomic mass is 10.2. The molecule has 108 valence electrons. The minimum atomic E-state index is 0.274. The van der Waals surface area contributed by atoms with Gasteiger partial charge in [0.25, 0.3) is 0 Å². The third kappa shape index (κ3) is 2.40. The van der Waals surface area contributed by atoms with Crippen LogP contribution in [0, 0.1) is 13.8 Å². The first-order valence-corrected chi connectivity index (χ1v) is 6.81. The molecule has 0 radical (unpaired) electrons. The first-order valence-electron chi connectivity index (χ1n) is 6.81. The Hall–Kier alpha value is -2.63. The molecule has 0 aliphatic rings. The number of hydrogen-bond donors (Lipinski definition) is 2. The highest BCUT2D eigenvalue weighted by Crippen LogP contribution is 2.22. The van der Waals surface area contributed by atoms with E-state index in [1.54, 1.807) is 0 Å². The number of hydrogen-bond acceptors (Lipinski definition) is 5. The van der Waals surface area contributed by atoms with Gasteiger partial charge in [-0.1, -0.05) is 12.1 Å². The summed E-state index contributed by atoms with van der Waals surface area (Å²) in [6, 6.07) is 7.82. The van der Waals surface area contributed by atoms with Gasteiger partial charge in [0.2, 0.25) is 5.95 Å². The van der Waals surface area contributed by atoms with E-state index >= 15 is 0 Å². The fourth-order valence-corrected chi connectivity index (χ4v) is 2.47. The van der Waals surface area contributed by atoms with Gasteiger partial charge >= 0.3 is 0 Å². The lowest BCUT2D eigenvalue weighted by Crippen LogP contribution is -2.06. The maximum Gasteiger partial charge on any atom is 0.222 e. The number of rotatable bonds is 3. The van der Waals surface area contributed by atoms with Crippen LogP contribution in [0.1, 0.15) is 17.0 Å². The van der Waals surface area contributed by atoms with Gasteiger partial charge < -0.3 is 11.1 Å². The van der Waals surface area contributed by atoms with Crippen LogP contribution >= 0.6 is 0 Å². The second-order valence-corrected chi connectivity index (χ2v) is 5.07. The molecule has 21 heavy (non-hydrogen) atoms. The van der Waals surface area contributed by atoms with E-state index in [1.165, 1.54) is 5.56 Å². The summed E-state index contributed by atoms with van der Waals surface area (Å²) in [5.74, 6) is 1.02. The summed E-state index contributed by atoms with van der Waals surface area (Å²) in [5, 5.41) is 8.74. The summed E-state index contributed by atoms with van der Waals surface area (Å²) in [7, 11) is 1.95. The largest absolute Gasteiger partial charge is 0.368 e. The van der Waals surface area contributed by atoms with Gasteiger partial charge in [-0.15, -0.1) is 0 Å². The van der Waals surface area contributed by atoms with Crippen LogP contribution in [0.5, 0.6) is 0 Å². The summed E-state index contributed by atoms with van der Waals surface area (Å²) in [6.07, 6.45) is 0. The Morgan fingerprint density at radius 1 is 1.19 bits per heavy atom. The molecule has 0 amide bonds. The third-order valence-corrected chi connectivity index (χ3v) is 3.71. The van der Waals surface area contributed by atoms with Crippen molar-refractivity contribution in [2.45, 2.75) is 20.4 Å². The third-order valence-electron chi connectivity index (χ3n) is 3.71. The van der Waals surface area contributed by atoms with Crippen molar-refractivity contribution in [3.63, 3.8) is 0 Å². The van der Waals surface area contributed by atoms with Crippen molar-refractivity contribution < 1.29 is 0 Å². The van der Waals surface area contributed by atoms with E-state index in [2.05, 4.69) is 27.3 Å². The van der Waals surface area contributed by atoms with Crippen molar-refractivity contribution in [2.24, 2.45) is 7.05 Å². The van der Waals surface area contributed by atoms with E-state index in [9.17, 15) is 0 Å². The average Bonchev–Trinajstić information content (AvgIpc) is 2.69. The molecular formula is C15H18N6. The van der Waals surface area contributed by atoms with Crippen LogP contribution in [0.15, 0.2) is 24.3 Å². The maximum absolute atomic E-state index is 5.78. The minimum absolute atomic E-state index is 0.274. The zero-order valence-corrected chi connectivity index (χ0v) is 12.4. The number of nitrogens with one attached hydrogen (secondary N) is 1. The predicted octanol–water partition coefficient (Wildman–Crippen LogP) is 2.17. The van der Waals surface area contributed by atoms with Crippen LogP contribution in [-0.4, -0.2) is 19.7 Å². The Balaban J connectivity index is 1.95. The highest BCUT2D eigenvalue weighted by atomic mass is 15.3. The van der Waals surface area contributed by atoms with E-state index in [4.69, 9.17) is 5.73 Å². The molecule has 0 aliphatic carbocycles. The van der Waals surface area contributed by atoms with Gasteiger partial charge in [0, 0.05) is 30.2 Å². The van der Waals surface area contributed by atoms with Gasteiger partial charge in [-0.3, -0.25) is 4.68 Å². The smallest absolute Gasteiger partial charge is 0.222 e. The van der Waals surface area contributed by atoms with Gasteiger partial charge in [0.05, 0.1) is 11.2 Å². The van der Waals surface area contributed by atoms with Gasteiger partial charge in [-0.2, -0.15) is 10.1 Å². The minimum Gasteiger partial charge on any atom is -0.368 e. The van der Waals surface area contributed by atoms with Crippen LogP contribution in [0.2, 0.25) is 0 Å². The van der Waals surface area contributed by atoms with Crippen LogP contribution in [0.3, 0.4) is 0 Å². The lowest BCUT2D eigenvalue weighted by molar-refractivity contribution is 0.730. The number of benzene rings is 1. The molecule has 0 saturated heterocycles. The first-order chi connectivity index (χ1) is 10.1. The van der Waals surface area contributed by atoms with Crippen LogP contribution in [0.4, 0.5) is 11.8 Å². The average molecular weight is 282 g/mol. The van der Waals surface area contributed by atoms with Gasteiger partial charge in [0.1, 0.15) is 5.82 Å². The number of nitrogens with zero attached hydrogens (tertiary/aromatic N) is 4. The molecular weight excluding hydrogens is 264 g/mol. The molecule has 0 unspecified atom stereocenters. The number of nitrogen functional groups attached to an aromatic ring is 1. The molecule has 0 saturated carbocycles. The molecule has 6 nitrogen and oxygen atoms in total. The molecule has 3 aromatic rings. The van der Waals surface area contributed by atoms with Crippen molar-refractivity contribution in [1.82, 2.24) is 19.7 Å². The topological polar surface area (TPSA) is 81.7 Å². The second-order valence-electron chi connectivity index (χ2n) is 5.07. The summed E-state index contributed by atoms with van der Waals surface area (Å²) in [6.45, 7) is 4.73. The quantitative estimate of drug-likeness (QED) is 0.769. The number of para-hydroxylation sites is 1. The van der Waals surface area contributed by atoms with Gasteiger partial charge in [-0.25, -0.2) is 4.98 Å². The lowest BCUT2D eigenvalue weighted by Gasteiger charge is -2.09. The second kappa shape index (κ2) is 5.05. The SMILES string of the molecule is Cc1nn(C)c(C)c1CNc1nc(N)nc2ccccc12. The zero-order chi connectivity index (χ0) is 15.0. The van der Waals surface area contributed by atoms with Crippen molar-refractivity contribution >= 4 is 22.7 Å². The normalized spacial score (nSPS) is 11.0. The number of aryl methyl sites for hydroxylation is 2. The predicted molar refractivity (Wildman–Crippen MR) is 84.0 cm³/mol. The summed E-state index contributed by atoms with van der Waals surface area (Å²) in [4.78, 5) is 8.55. The van der Waals surface area contributed by atoms with Crippen molar-refractivity contribution in [2.75, 3.05) is 11.1 Å². The molecule has 1 aromatic carbocycles. The number of fused-ring (bicyclic) bond motifs is 1. The van der Waals surface area contributed by atoms with Crippen LogP contribution < -0.4 is 11.1 Å². The summed E-state index contributed by atoms with van der Waals surface area (Å²) in [5.41, 5.74) is 9.97. The molecule has 0 fully saturated rings. The molecule has 0 spiro atoms. The highest BCUT2D eigenvalue weighted by Gasteiger charge is 2.11. The van der Waals surface area contributed by atoms with Gasteiger partial charge in [-0.05, 0) is 26.0 Å². The summed E-state index contributed by atoms with van der Waals surface area (Å²) >= 11 is 0. The van der Waals surface area contributed by atoms with E-state index in [1.807, 2.05) is 42.9 Å². The molecule has 6 heteroatoms. The van der Waals surface area contributed by atoms with Crippen LogP contribution in [0.25, 0.3) is 10.9 Å². The van der Waals surface area contributed by atoms with E-state index in [0.29, 0.717) is 6.54 Å². The maximum atomic E-state index is 5.78. The Labute approximate surface area is 123 Å². The molecule has 2 aromatic heterocycles. The summed E-state index contributed by atoms with van der Waals surface area (Å²) < 4.78 is 1.89. The van der Waals surface area contributed by atoms with Crippen LogP contribution in [-0.2, 0) is 13.6 Å². The van der Waals surface area contributed by atoms with Crippen molar-refractivity contribution in [3.8, 4) is 0 Å². The molecule has 2 heterocycles. The number of nitrogens with two attached hydrogens (primary N) is 1. The fourth-order valence-electron chi connectivity index (χ4n) is 2.47. The van der Waals surface area contributed by atoms with Gasteiger partial charge in [0.15, 0.2) is 0 Å². The number of aromatic nitrogens is 4. The first kappa shape index (κ1) is 13.4. The molecule has 0 bridgehead atoms. The molecule has 3 N–H and O–H groups in total. The molecule has 0 atom stereocenters. The Bertz CT molecular complexity index is 805. The van der Waals surface area contributed by atoms with E-state index in [-0.39, 0.29) is 5.95 Å². The zero-order valence-electron chi connectivity index (χ0n) is 12.4. The standard InChI is InChI=1S/C15H18N6/c1-9-12(10(2)21(3)20-9)8-17-14-11-6-4-5-7-13(11)18-15(16)19-14/h4-7H,8H2,1-3H3,(H3,16,17,18,19). The Morgan fingerprint density at radius 2 is 1.95 bits per heavy atom. The Kier molecular flexibility index (Phi) is 3.21. The Morgan fingerprint density at radius 3 is 2.67 bits per heavy atom. The van der Waals surface area contributed by atoms with Crippen molar-refractivity contribution in [3.05, 3.63) is 41.2 Å².